The third-order valence-electron chi connectivity index (χ3n) is 7.66. The van der Waals surface area contributed by atoms with Crippen LogP contribution in [0.3, 0.4) is 0 Å². The molecule has 0 atom stereocenters. The van der Waals surface area contributed by atoms with Gasteiger partial charge in [0.2, 0.25) is 0 Å². The number of hydrogen-bond acceptors (Lipinski definition) is 7. The molecule has 202 valence electrons. The Bertz CT molecular complexity index is 1340. The highest BCUT2D eigenvalue weighted by molar-refractivity contribution is 8.26. The van der Waals surface area contributed by atoms with Crippen LogP contribution >= 0.6 is 24.0 Å². The van der Waals surface area contributed by atoms with Gasteiger partial charge in [-0.05, 0) is 38.8 Å². The third kappa shape index (κ3) is 4.96. The zero-order valence-electron chi connectivity index (χ0n) is 22.0. The molecule has 3 fully saturated rings. The molecule has 2 aromatic rings. The quantitative estimate of drug-likeness (QED) is 0.387. The summed E-state index contributed by atoms with van der Waals surface area (Å²) in [6.45, 7) is 6.71. The Balaban J connectivity index is 1.57. The molecule has 1 aliphatic carbocycles. The molecule has 3 heterocycles. The molecular weight excluding hydrogens is 520 g/mol. The van der Waals surface area contributed by atoms with Gasteiger partial charge in [0.1, 0.15) is 4.32 Å². The monoisotopic (exact) mass is 554 g/mol. The van der Waals surface area contributed by atoms with Crippen LogP contribution in [0.25, 0.3) is 17.0 Å². The molecule has 0 N–H and O–H groups in total. The normalized spacial score (nSPS) is 20.2. The largest absolute Gasteiger partial charge is 0.450 e. The fraction of sp³-hybridized carbons (Fsp3) is 0.500. The maximum absolute atomic E-state index is 13.9. The molecule has 2 aliphatic heterocycles. The second-order valence-corrected chi connectivity index (χ2v) is 11.5. The molecule has 8 nitrogen and oxygen atoms in total. The number of fused-ring (bicyclic) bond motifs is 1. The van der Waals surface area contributed by atoms with E-state index in [1.807, 2.05) is 31.2 Å². The number of rotatable bonds is 5. The molecule has 0 radical (unpaired) electrons. The Hall–Kier alpha value is -2.85. The molecule has 2 amide bonds. The lowest BCUT2D eigenvalue weighted by atomic mass is 9.94. The minimum absolute atomic E-state index is 0.0967. The Kier molecular flexibility index (Phi) is 8.09. The van der Waals surface area contributed by atoms with Crippen LogP contribution in [-0.2, 0) is 16.1 Å². The summed E-state index contributed by atoms with van der Waals surface area (Å²) in [6, 6.07) is 8.04. The number of pyridine rings is 1. The van der Waals surface area contributed by atoms with Crippen molar-refractivity contribution in [2.45, 2.75) is 58.5 Å². The summed E-state index contributed by atoms with van der Waals surface area (Å²) in [5, 5.41) is 0.951. The van der Waals surface area contributed by atoms with Gasteiger partial charge in [0, 0.05) is 44.2 Å². The number of ether oxygens (including phenoxy) is 1. The third-order valence-corrected chi connectivity index (χ3v) is 8.99. The van der Waals surface area contributed by atoms with E-state index in [-0.39, 0.29) is 23.6 Å². The average Bonchev–Trinajstić information content (AvgIpc) is 3.22. The van der Waals surface area contributed by atoms with Crippen LogP contribution < -0.4 is 10.5 Å². The number of piperazine rings is 1. The number of aryl methyl sites for hydroxylation is 1. The summed E-state index contributed by atoms with van der Waals surface area (Å²) in [5.74, 6) is -0.0967. The number of aromatic nitrogens is 1. The van der Waals surface area contributed by atoms with E-state index in [9.17, 15) is 14.4 Å². The Labute approximate surface area is 232 Å². The van der Waals surface area contributed by atoms with Crippen molar-refractivity contribution in [3.05, 3.63) is 45.1 Å². The number of carbonyl (C=O) groups excluding carboxylic acids is 2. The van der Waals surface area contributed by atoms with Crippen LogP contribution in [-0.4, -0.2) is 69.5 Å². The van der Waals surface area contributed by atoms with Crippen LogP contribution in [0.1, 0.15) is 51.5 Å². The number of anilines is 1. The molecule has 3 aliphatic rings. The number of nitrogens with zero attached hydrogens (tertiary/aromatic N) is 4. The van der Waals surface area contributed by atoms with Gasteiger partial charge in [-0.25, -0.2) is 4.79 Å². The van der Waals surface area contributed by atoms with Crippen molar-refractivity contribution in [1.29, 1.82) is 0 Å². The van der Waals surface area contributed by atoms with E-state index >= 15 is 0 Å². The number of para-hydroxylation sites is 1. The lowest BCUT2D eigenvalue weighted by Crippen LogP contribution is -2.49. The number of carbonyl (C=O) groups is 2. The molecule has 0 spiro atoms. The van der Waals surface area contributed by atoms with Crippen molar-refractivity contribution in [3.63, 3.8) is 0 Å². The van der Waals surface area contributed by atoms with Gasteiger partial charge < -0.3 is 19.1 Å². The second-order valence-electron chi connectivity index (χ2n) is 9.85. The topological polar surface area (TPSA) is 75.1 Å². The lowest BCUT2D eigenvalue weighted by Gasteiger charge is -2.37. The SMILES string of the molecule is CCOC(=O)N1CCN(c2c(C=C3SC(=S)N(C4CCCCC4)C3=O)c(=O)n(CC)c3ccccc23)CC1. The van der Waals surface area contributed by atoms with Crippen LogP contribution in [0.15, 0.2) is 34.0 Å². The highest BCUT2D eigenvalue weighted by Gasteiger charge is 2.38. The first kappa shape index (κ1) is 26.7. The number of benzene rings is 1. The van der Waals surface area contributed by atoms with Gasteiger partial charge in [-0.2, -0.15) is 0 Å². The van der Waals surface area contributed by atoms with Crippen LogP contribution in [0.5, 0.6) is 0 Å². The lowest BCUT2D eigenvalue weighted by molar-refractivity contribution is -0.124. The molecule has 1 aromatic carbocycles. The van der Waals surface area contributed by atoms with Gasteiger partial charge >= 0.3 is 6.09 Å². The van der Waals surface area contributed by atoms with Crippen molar-refractivity contribution in [2.75, 3.05) is 37.7 Å². The first-order valence-electron chi connectivity index (χ1n) is 13.5. The molecule has 5 rings (SSSR count). The summed E-state index contributed by atoms with van der Waals surface area (Å²) in [7, 11) is 0. The standard InChI is InChI=1S/C28H34N4O4S2/c1-3-31-22-13-9-8-12-20(22)24(29-14-16-30(17-15-29)27(35)36-4-2)21(25(31)33)18-23-26(34)32(28(37)38-23)19-10-6-5-7-11-19/h8-9,12-13,18-19H,3-7,10-11,14-17H2,1-2H3. The number of thioether (sulfide) groups is 1. The predicted molar refractivity (Wildman–Crippen MR) is 157 cm³/mol. The minimum atomic E-state index is -0.315. The van der Waals surface area contributed by atoms with Crippen molar-refractivity contribution in [3.8, 4) is 0 Å². The van der Waals surface area contributed by atoms with Crippen molar-refractivity contribution in [1.82, 2.24) is 14.4 Å². The first-order valence-corrected chi connectivity index (χ1v) is 14.8. The highest BCUT2D eigenvalue weighted by Crippen LogP contribution is 2.39. The van der Waals surface area contributed by atoms with E-state index in [1.165, 1.54) is 18.2 Å². The molecule has 0 unspecified atom stereocenters. The van der Waals surface area contributed by atoms with Gasteiger partial charge in [-0.15, -0.1) is 0 Å². The van der Waals surface area contributed by atoms with Gasteiger partial charge in [0.15, 0.2) is 0 Å². The fourth-order valence-electron chi connectivity index (χ4n) is 5.79. The van der Waals surface area contributed by atoms with E-state index < -0.39 is 0 Å². The summed E-state index contributed by atoms with van der Waals surface area (Å²) in [6.07, 6.45) is 6.79. The van der Waals surface area contributed by atoms with E-state index in [0.29, 0.717) is 54.1 Å². The van der Waals surface area contributed by atoms with Crippen LogP contribution in [0.4, 0.5) is 10.5 Å². The van der Waals surface area contributed by atoms with Gasteiger partial charge in [0.05, 0.1) is 28.3 Å². The Morgan fingerprint density at radius 1 is 1.08 bits per heavy atom. The van der Waals surface area contributed by atoms with Crippen molar-refractivity contribution < 1.29 is 14.3 Å². The first-order chi connectivity index (χ1) is 18.4. The predicted octanol–water partition coefficient (Wildman–Crippen LogP) is 4.83. The minimum Gasteiger partial charge on any atom is -0.450 e. The van der Waals surface area contributed by atoms with Crippen LogP contribution in [0, 0.1) is 0 Å². The van der Waals surface area contributed by atoms with Gasteiger partial charge in [-0.3, -0.25) is 14.5 Å². The molecule has 38 heavy (non-hydrogen) atoms. The Morgan fingerprint density at radius 2 is 1.79 bits per heavy atom. The van der Waals surface area contributed by atoms with E-state index in [1.54, 1.807) is 27.4 Å². The summed E-state index contributed by atoms with van der Waals surface area (Å²) in [5.41, 5.74) is 2.03. The summed E-state index contributed by atoms with van der Waals surface area (Å²) < 4.78 is 7.53. The number of amides is 2. The Morgan fingerprint density at radius 3 is 2.47 bits per heavy atom. The molecule has 2 saturated heterocycles. The van der Waals surface area contributed by atoms with Gasteiger partial charge in [0.25, 0.3) is 11.5 Å². The maximum atomic E-state index is 13.9. The average molecular weight is 555 g/mol. The van der Waals surface area contributed by atoms with E-state index in [4.69, 9.17) is 17.0 Å². The van der Waals surface area contributed by atoms with Crippen molar-refractivity contribution in [2.24, 2.45) is 0 Å². The maximum Gasteiger partial charge on any atom is 0.409 e. The number of hydrogen-bond donors (Lipinski definition) is 0. The second kappa shape index (κ2) is 11.5. The fourth-order valence-corrected chi connectivity index (χ4v) is 7.17. The molecular formula is C28H34N4O4S2. The smallest absolute Gasteiger partial charge is 0.409 e. The zero-order chi connectivity index (χ0) is 26.8. The highest BCUT2D eigenvalue weighted by atomic mass is 32.2. The van der Waals surface area contributed by atoms with Crippen molar-refractivity contribution >= 4 is 63.0 Å². The van der Waals surface area contributed by atoms with Gasteiger partial charge in [-0.1, -0.05) is 61.4 Å². The summed E-state index contributed by atoms with van der Waals surface area (Å²) >= 11 is 6.95. The van der Waals surface area contributed by atoms with E-state index in [2.05, 4.69) is 4.90 Å². The molecule has 1 saturated carbocycles. The summed E-state index contributed by atoms with van der Waals surface area (Å²) in [4.78, 5) is 45.9. The van der Waals surface area contributed by atoms with E-state index in [0.717, 1.165) is 42.3 Å². The molecule has 10 heteroatoms. The van der Waals surface area contributed by atoms with Crippen LogP contribution in [0.2, 0.25) is 0 Å². The molecule has 1 aromatic heterocycles. The zero-order valence-corrected chi connectivity index (χ0v) is 23.6. The molecule has 0 bridgehead atoms. The number of thiocarbonyl (C=S) groups is 1.